The highest BCUT2D eigenvalue weighted by atomic mass is 32.2. The van der Waals surface area contributed by atoms with Crippen molar-refractivity contribution in [1.82, 2.24) is 4.57 Å². The molecule has 0 unspecified atom stereocenters. The van der Waals surface area contributed by atoms with E-state index in [1.807, 2.05) is 4.57 Å². The molecule has 2 aliphatic heterocycles. The third-order valence-corrected chi connectivity index (χ3v) is 19.5. The van der Waals surface area contributed by atoms with Gasteiger partial charge in [0.05, 0.1) is 5.69 Å². The van der Waals surface area contributed by atoms with Crippen LogP contribution in [0.1, 0.15) is 105 Å². The van der Waals surface area contributed by atoms with Crippen LogP contribution >= 0.6 is 11.8 Å². The largest absolute Gasteiger partial charge is 0.310 e. The van der Waals surface area contributed by atoms with Gasteiger partial charge in [-0.3, -0.25) is 0 Å². The van der Waals surface area contributed by atoms with Crippen molar-refractivity contribution in [1.29, 1.82) is 0 Å². The molecule has 0 amide bonds. The normalized spacial score (nSPS) is 13.3. The molecular formula is C76H63B9N2S. The van der Waals surface area contributed by atoms with Gasteiger partial charge in [-0.05, 0) is 123 Å². The van der Waals surface area contributed by atoms with Crippen LogP contribution in [0.3, 0.4) is 0 Å². The summed E-state index contributed by atoms with van der Waals surface area (Å²) in [6.45, 7) is 27.3. The van der Waals surface area contributed by atoms with Crippen molar-refractivity contribution in [2.45, 2.75) is 115 Å². The van der Waals surface area contributed by atoms with Crippen LogP contribution in [0.15, 0.2) is 174 Å². The van der Waals surface area contributed by atoms with Crippen LogP contribution in [-0.2, 0) is 21.7 Å². The molecule has 0 N–H and O–H groups in total. The van der Waals surface area contributed by atoms with E-state index in [9.17, 15) is 0 Å². The predicted octanol–water partition coefficient (Wildman–Crippen LogP) is 9.76. The number of aromatic nitrogens is 1. The number of para-hydroxylation sites is 1. The van der Waals surface area contributed by atoms with Gasteiger partial charge in [0.1, 0.15) is 62.8 Å². The zero-order chi connectivity index (χ0) is 62.6. The van der Waals surface area contributed by atoms with Crippen molar-refractivity contribution in [3.8, 4) is 50.2 Å². The van der Waals surface area contributed by atoms with E-state index in [0.29, 0.717) is 27.5 Å². The van der Waals surface area contributed by atoms with Crippen LogP contribution < -0.4 is 65.0 Å². The molecule has 0 fully saturated rings. The van der Waals surface area contributed by atoms with Gasteiger partial charge in [-0.1, -0.05) is 262 Å². The Bertz CT molecular complexity index is 4530. The molecule has 10 aromatic carbocycles. The van der Waals surface area contributed by atoms with E-state index in [-0.39, 0.29) is 72.1 Å². The topological polar surface area (TPSA) is 8.17 Å². The van der Waals surface area contributed by atoms with Crippen LogP contribution in [0.25, 0.3) is 72.0 Å². The minimum Gasteiger partial charge on any atom is -0.310 e. The third-order valence-electron chi connectivity index (χ3n) is 18.4. The van der Waals surface area contributed by atoms with Gasteiger partial charge in [-0.25, -0.2) is 0 Å². The number of fused-ring (bicyclic) bond motifs is 7. The molecule has 0 spiro atoms. The molecule has 2 nitrogen and oxygen atoms in total. The number of anilines is 3. The van der Waals surface area contributed by atoms with Crippen LogP contribution in [0.5, 0.6) is 0 Å². The lowest BCUT2D eigenvalue weighted by Gasteiger charge is -2.42. The van der Waals surface area contributed by atoms with E-state index in [0.717, 1.165) is 71.3 Å². The Balaban J connectivity index is 1.20. The summed E-state index contributed by atoms with van der Waals surface area (Å²) in [7, 11) is 56.0. The standard InChI is InChI=1S/C76H63B9N2S/c1-73(2,3)46-30-44(31-47(36-46)74(4,5)6)42-26-28-53-55(34-42)87(70-51(40-20-15-13-16-21-40)24-19-25-52(70)41-22-17-14-18-23-41)56-38-50(86-71-59(61(77)63(79)65(81)67(71)83)60-62(78)64(80)66(82)68(84)72(60)86)39-58-69(56)85(53)54-29-27-43(35-57(54)88-58)45-32-48(75(7,8)9)37-49(33-45)76(10,11)12/h13-39H,1-12H3. The monoisotopic (exact) mass is 1130 g/mol. The van der Waals surface area contributed by atoms with Gasteiger partial charge in [-0.15, -0.1) is 21.9 Å². The summed E-state index contributed by atoms with van der Waals surface area (Å²) in [4.78, 5) is 4.70. The zero-order valence-electron chi connectivity index (χ0n) is 52.6. The Morgan fingerprint density at radius 1 is 0.341 bits per heavy atom. The van der Waals surface area contributed by atoms with Crippen LogP contribution in [0.4, 0.5) is 17.1 Å². The predicted molar refractivity (Wildman–Crippen MR) is 390 cm³/mol. The van der Waals surface area contributed by atoms with Gasteiger partial charge in [0.15, 0.2) is 0 Å². The fraction of sp³-hybridized carbons (Fsp3) is 0.211. The summed E-state index contributed by atoms with van der Waals surface area (Å²) in [5, 5.41) is 0.961. The molecule has 0 aliphatic carbocycles. The molecule has 0 bridgehead atoms. The first-order chi connectivity index (χ1) is 41.5. The fourth-order valence-corrected chi connectivity index (χ4v) is 14.5. The van der Waals surface area contributed by atoms with Gasteiger partial charge < -0.3 is 9.47 Å². The van der Waals surface area contributed by atoms with E-state index in [4.69, 9.17) is 62.8 Å². The van der Waals surface area contributed by atoms with Crippen molar-refractivity contribution in [3.05, 3.63) is 186 Å². The average Bonchev–Trinajstić information content (AvgIpc) is 1.18. The molecule has 410 valence electrons. The third kappa shape index (κ3) is 9.76. The van der Waals surface area contributed by atoms with Gasteiger partial charge in [0.25, 0.3) is 0 Å². The van der Waals surface area contributed by atoms with E-state index in [2.05, 4.69) is 252 Å². The van der Waals surface area contributed by atoms with E-state index >= 15 is 0 Å². The Morgan fingerprint density at radius 3 is 1.20 bits per heavy atom. The maximum absolute atomic E-state index is 7.27. The maximum Gasteiger partial charge on any atom is 0.249 e. The van der Waals surface area contributed by atoms with Crippen molar-refractivity contribution >= 4 is 180 Å². The van der Waals surface area contributed by atoms with Crippen LogP contribution in [0.2, 0.25) is 0 Å². The highest BCUT2D eigenvalue weighted by molar-refractivity contribution is 8.00. The smallest absolute Gasteiger partial charge is 0.249 e. The van der Waals surface area contributed by atoms with Gasteiger partial charge >= 0.3 is 0 Å². The number of rotatable bonds is 6. The molecule has 3 heterocycles. The highest BCUT2D eigenvalue weighted by Gasteiger charge is 2.43. The summed E-state index contributed by atoms with van der Waals surface area (Å²) < 4.78 is 2.02. The average molecular weight is 1130 g/mol. The molecule has 0 atom stereocenters. The van der Waals surface area contributed by atoms with E-state index in [1.54, 1.807) is 11.8 Å². The molecule has 13 rings (SSSR count). The van der Waals surface area contributed by atoms with E-state index < -0.39 is 0 Å². The lowest BCUT2D eigenvalue weighted by molar-refractivity contribution is 0.568. The summed E-state index contributed by atoms with van der Waals surface area (Å²) in [5.74, 6) is 0. The second kappa shape index (κ2) is 21.2. The van der Waals surface area contributed by atoms with Crippen LogP contribution in [0, 0.1) is 0 Å². The minimum atomic E-state index is -0.226. The fourth-order valence-electron chi connectivity index (χ4n) is 13.2. The van der Waals surface area contributed by atoms with Crippen molar-refractivity contribution in [2.24, 2.45) is 0 Å². The summed E-state index contributed by atoms with van der Waals surface area (Å²) in [6.07, 6.45) is 0. The van der Waals surface area contributed by atoms with Gasteiger partial charge in [-0.2, -0.15) is 0 Å². The first kappa shape index (κ1) is 59.7. The summed E-state index contributed by atoms with van der Waals surface area (Å²) in [5.41, 5.74) is 23.2. The van der Waals surface area contributed by atoms with Gasteiger partial charge in [0.2, 0.25) is 6.71 Å². The molecule has 0 saturated carbocycles. The molecule has 16 radical (unpaired) electrons. The summed E-state index contributed by atoms with van der Waals surface area (Å²) in [6, 6.07) is 61.2. The maximum atomic E-state index is 7.27. The molecule has 12 heteroatoms. The first-order valence-corrected chi connectivity index (χ1v) is 31.2. The van der Waals surface area contributed by atoms with Crippen molar-refractivity contribution in [3.63, 3.8) is 0 Å². The number of hydrogen-bond donors (Lipinski definition) is 0. The minimum absolute atomic E-state index is 0.0785. The Labute approximate surface area is 536 Å². The quantitative estimate of drug-likeness (QED) is 0.154. The van der Waals surface area contributed by atoms with Crippen LogP contribution in [-0.4, -0.2) is 74.1 Å². The zero-order valence-corrected chi connectivity index (χ0v) is 53.4. The molecule has 88 heavy (non-hydrogen) atoms. The Hall–Kier alpha value is -7.27. The number of hydrogen-bond acceptors (Lipinski definition) is 2. The SMILES string of the molecule is [B]c1c([B])c([B])c2c(c1[B])c1c([B])c([B])c([B])c([B])c1n2-c1cc2c3c(c1)N(c1c(-c4ccccc4)cccc1-c1ccccc1)c1cc(-c4cc(C(C)(C)C)cc(C(C)(C)C)c4)ccc1B3c1ccc(-c3cc(C(C)(C)C)cc(C(C)(C)C)c3)cc1S2. The second-order valence-electron chi connectivity index (χ2n) is 28.4. The van der Waals surface area contributed by atoms with Gasteiger partial charge in [0, 0.05) is 49.0 Å². The van der Waals surface area contributed by atoms with E-state index in [1.165, 1.54) is 38.7 Å². The Kier molecular flexibility index (Phi) is 14.4. The molecule has 11 aromatic rings. The lowest BCUT2D eigenvalue weighted by Crippen LogP contribution is -2.60. The summed E-state index contributed by atoms with van der Waals surface area (Å²) >= 11 is 1.77. The Morgan fingerprint density at radius 2 is 0.761 bits per heavy atom. The molecule has 1 aromatic heterocycles. The molecule has 0 saturated heterocycles. The lowest BCUT2D eigenvalue weighted by atomic mass is 9.34. The van der Waals surface area contributed by atoms with Crippen molar-refractivity contribution in [2.75, 3.05) is 4.90 Å². The molecular weight excluding hydrogens is 1070 g/mol. The highest BCUT2D eigenvalue weighted by Crippen LogP contribution is 2.51. The number of nitrogens with zero attached hydrogens (tertiary/aromatic N) is 2. The van der Waals surface area contributed by atoms with Crippen molar-refractivity contribution < 1.29 is 0 Å². The first-order valence-electron chi connectivity index (χ1n) is 30.3. The number of benzene rings is 10. The molecule has 2 aliphatic rings. The second-order valence-corrected chi connectivity index (χ2v) is 29.5.